The number of benzene rings is 2. The quantitative estimate of drug-likeness (QED) is 0.594. The fourth-order valence-electron chi connectivity index (χ4n) is 2.39. The van der Waals surface area contributed by atoms with E-state index in [-0.39, 0.29) is 29.4 Å². The van der Waals surface area contributed by atoms with E-state index in [1.54, 1.807) is 12.1 Å². The maximum absolute atomic E-state index is 12.6. The van der Waals surface area contributed by atoms with Crippen LogP contribution in [0.2, 0.25) is 0 Å². The van der Waals surface area contributed by atoms with E-state index >= 15 is 0 Å². The van der Waals surface area contributed by atoms with E-state index in [9.17, 15) is 22.8 Å². The van der Waals surface area contributed by atoms with Gasteiger partial charge in [0.15, 0.2) is 6.61 Å². The standard InChI is InChI=1S/C19H13F3N2O5/c1-27-17(25)13-4-2-3-5-14(13)18(26)28-10-15-23-16(24-29-15)11-6-8-12(9-7-11)19(20,21)22/h2-9H,10H2,1H3. The van der Waals surface area contributed by atoms with Crippen LogP contribution in [0.3, 0.4) is 0 Å². The summed E-state index contributed by atoms with van der Waals surface area (Å²) in [6, 6.07) is 10.1. The van der Waals surface area contributed by atoms with Crippen LogP contribution in [0.1, 0.15) is 32.2 Å². The van der Waals surface area contributed by atoms with Gasteiger partial charge >= 0.3 is 18.1 Å². The number of rotatable bonds is 5. The lowest BCUT2D eigenvalue weighted by atomic mass is 10.1. The van der Waals surface area contributed by atoms with E-state index in [0.29, 0.717) is 5.56 Å². The lowest BCUT2D eigenvalue weighted by Crippen LogP contribution is -2.13. The third kappa shape index (κ3) is 4.60. The van der Waals surface area contributed by atoms with Crippen molar-refractivity contribution >= 4 is 11.9 Å². The lowest BCUT2D eigenvalue weighted by molar-refractivity contribution is -0.137. The molecule has 0 aliphatic heterocycles. The van der Waals surface area contributed by atoms with Gasteiger partial charge in [0.05, 0.1) is 23.8 Å². The number of esters is 2. The molecular formula is C19H13F3N2O5. The van der Waals surface area contributed by atoms with Crippen LogP contribution in [0.5, 0.6) is 0 Å². The molecule has 0 aliphatic carbocycles. The highest BCUT2D eigenvalue weighted by Gasteiger charge is 2.30. The van der Waals surface area contributed by atoms with Crippen LogP contribution in [0.15, 0.2) is 53.1 Å². The second kappa shape index (κ2) is 8.13. The molecule has 2 aromatic carbocycles. The number of hydrogen-bond acceptors (Lipinski definition) is 7. The van der Waals surface area contributed by atoms with Gasteiger partial charge in [-0.15, -0.1) is 0 Å². The van der Waals surface area contributed by atoms with Crippen molar-refractivity contribution < 1.29 is 36.8 Å². The number of nitrogens with zero attached hydrogens (tertiary/aromatic N) is 2. The van der Waals surface area contributed by atoms with Crippen molar-refractivity contribution in [3.05, 3.63) is 71.1 Å². The van der Waals surface area contributed by atoms with Gasteiger partial charge in [-0.3, -0.25) is 0 Å². The van der Waals surface area contributed by atoms with Crippen molar-refractivity contribution in [1.82, 2.24) is 10.1 Å². The molecule has 1 aromatic heterocycles. The zero-order valence-corrected chi connectivity index (χ0v) is 14.9. The average molecular weight is 406 g/mol. The van der Waals surface area contributed by atoms with Crippen LogP contribution in [0, 0.1) is 0 Å². The van der Waals surface area contributed by atoms with Crippen molar-refractivity contribution in [2.75, 3.05) is 7.11 Å². The van der Waals surface area contributed by atoms with Gasteiger partial charge in [0, 0.05) is 5.56 Å². The van der Waals surface area contributed by atoms with Crippen LogP contribution < -0.4 is 0 Å². The second-order valence-corrected chi connectivity index (χ2v) is 5.70. The third-order valence-electron chi connectivity index (χ3n) is 3.82. The Kier molecular flexibility index (Phi) is 5.62. The van der Waals surface area contributed by atoms with E-state index in [2.05, 4.69) is 14.9 Å². The Bertz CT molecular complexity index is 1030. The SMILES string of the molecule is COC(=O)c1ccccc1C(=O)OCc1nc(-c2ccc(C(F)(F)F)cc2)no1. The van der Waals surface area contributed by atoms with Gasteiger partial charge in [-0.1, -0.05) is 29.4 Å². The number of carbonyl (C=O) groups excluding carboxylic acids is 2. The van der Waals surface area contributed by atoms with Gasteiger partial charge in [0.1, 0.15) is 0 Å². The molecule has 0 bridgehead atoms. The molecule has 150 valence electrons. The van der Waals surface area contributed by atoms with Gasteiger partial charge in [0.25, 0.3) is 5.89 Å². The molecule has 0 fully saturated rings. The summed E-state index contributed by atoms with van der Waals surface area (Å²) in [6.07, 6.45) is -4.45. The summed E-state index contributed by atoms with van der Waals surface area (Å²) in [5.74, 6) is -1.52. The Morgan fingerprint density at radius 2 is 1.62 bits per heavy atom. The van der Waals surface area contributed by atoms with Gasteiger partial charge in [-0.25, -0.2) is 9.59 Å². The maximum Gasteiger partial charge on any atom is 0.416 e. The monoisotopic (exact) mass is 406 g/mol. The van der Waals surface area contributed by atoms with Gasteiger partial charge < -0.3 is 14.0 Å². The van der Waals surface area contributed by atoms with Gasteiger partial charge in [-0.2, -0.15) is 18.2 Å². The van der Waals surface area contributed by atoms with Crippen LogP contribution >= 0.6 is 0 Å². The summed E-state index contributed by atoms with van der Waals surface area (Å²) in [4.78, 5) is 27.9. The Hall–Kier alpha value is -3.69. The van der Waals surface area contributed by atoms with Gasteiger partial charge in [-0.05, 0) is 24.3 Å². The minimum Gasteiger partial charge on any atom is -0.465 e. The highest BCUT2D eigenvalue weighted by atomic mass is 19.4. The molecule has 0 N–H and O–H groups in total. The van der Waals surface area contributed by atoms with Crippen LogP contribution in [-0.2, 0) is 22.3 Å². The smallest absolute Gasteiger partial charge is 0.416 e. The van der Waals surface area contributed by atoms with Crippen molar-refractivity contribution in [2.24, 2.45) is 0 Å². The predicted octanol–water partition coefficient (Wildman–Crippen LogP) is 3.90. The first-order valence-corrected chi connectivity index (χ1v) is 8.14. The summed E-state index contributed by atoms with van der Waals surface area (Å²) in [5, 5.41) is 3.66. The molecule has 0 saturated carbocycles. The summed E-state index contributed by atoms with van der Waals surface area (Å²) in [7, 11) is 1.19. The van der Waals surface area contributed by atoms with E-state index in [4.69, 9.17) is 9.26 Å². The predicted molar refractivity (Wildman–Crippen MR) is 91.6 cm³/mol. The van der Waals surface area contributed by atoms with Crippen LogP contribution in [0.25, 0.3) is 11.4 Å². The van der Waals surface area contributed by atoms with E-state index in [1.807, 2.05) is 0 Å². The fourth-order valence-corrected chi connectivity index (χ4v) is 2.39. The van der Waals surface area contributed by atoms with Crippen molar-refractivity contribution in [1.29, 1.82) is 0 Å². The third-order valence-corrected chi connectivity index (χ3v) is 3.82. The summed E-state index contributed by atoms with van der Waals surface area (Å²) < 4.78 is 52.5. The maximum atomic E-state index is 12.6. The summed E-state index contributed by atoms with van der Waals surface area (Å²) >= 11 is 0. The molecule has 10 heteroatoms. The normalized spacial score (nSPS) is 11.2. The number of ether oxygens (including phenoxy) is 2. The molecule has 3 rings (SSSR count). The molecule has 0 saturated heterocycles. The zero-order chi connectivity index (χ0) is 21.0. The highest BCUT2D eigenvalue weighted by molar-refractivity contribution is 6.03. The van der Waals surface area contributed by atoms with Crippen LogP contribution in [-0.4, -0.2) is 29.2 Å². The van der Waals surface area contributed by atoms with Gasteiger partial charge in [0.2, 0.25) is 5.82 Å². The number of hydrogen-bond donors (Lipinski definition) is 0. The van der Waals surface area contributed by atoms with Crippen LogP contribution in [0.4, 0.5) is 13.2 Å². The number of alkyl halides is 3. The van der Waals surface area contributed by atoms with Crippen molar-refractivity contribution in [3.8, 4) is 11.4 Å². The van der Waals surface area contributed by atoms with E-state index in [0.717, 1.165) is 12.1 Å². The lowest BCUT2D eigenvalue weighted by Gasteiger charge is -2.06. The number of aromatic nitrogens is 2. The molecule has 0 spiro atoms. The summed E-state index contributed by atoms with van der Waals surface area (Å²) in [5.41, 5.74) is -0.462. The highest BCUT2D eigenvalue weighted by Crippen LogP contribution is 2.30. The largest absolute Gasteiger partial charge is 0.465 e. The van der Waals surface area contributed by atoms with Crippen molar-refractivity contribution in [3.63, 3.8) is 0 Å². The van der Waals surface area contributed by atoms with E-state index < -0.39 is 23.7 Å². The first-order valence-electron chi connectivity index (χ1n) is 8.14. The molecular weight excluding hydrogens is 393 g/mol. The molecule has 7 nitrogen and oxygen atoms in total. The Morgan fingerprint density at radius 3 is 2.21 bits per heavy atom. The minimum atomic E-state index is -4.45. The zero-order valence-electron chi connectivity index (χ0n) is 14.9. The number of carbonyl (C=O) groups is 2. The molecule has 0 amide bonds. The first-order chi connectivity index (χ1) is 13.8. The molecule has 0 atom stereocenters. The molecule has 0 unspecified atom stereocenters. The average Bonchev–Trinajstić information content (AvgIpc) is 3.20. The fraction of sp³-hybridized carbons (Fsp3) is 0.158. The Balaban J connectivity index is 1.68. The van der Waals surface area contributed by atoms with E-state index in [1.165, 1.54) is 31.4 Å². The molecule has 0 radical (unpaired) electrons. The summed E-state index contributed by atoms with van der Waals surface area (Å²) in [6.45, 7) is -0.387. The Morgan fingerprint density at radius 1 is 1.00 bits per heavy atom. The molecule has 29 heavy (non-hydrogen) atoms. The number of halogens is 3. The van der Waals surface area contributed by atoms with Crippen molar-refractivity contribution in [2.45, 2.75) is 12.8 Å². The molecule has 3 aromatic rings. The second-order valence-electron chi connectivity index (χ2n) is 5.70. The molecule has 1 heterocycles. The number of methoxy groups -OCH3 is 1. The Labute approximate surface area is 162 Å². The first kappa shape index (κ1) is 20.1. The minimum absolute atomic E-state index is 0.00169. The molecule has 0 aliphatic rings. The topological polar surface area (TPSA) is 91.5 Å².